The van der Waals surface area contributed by atoms with E-state index in [1.54, 1.807) is 24.3 Å². The maximum Gasteiger partial charge on any atom is 0.339 e. The molecule has 3 rings (SSSR count). The molecule has 33 heavy (non-hydrogen) atoms. The Hall–Kier alpha value is -3.19. The normalized spacial score (nSPS) is 12.2. The number of amides is 1. The molecule has 0 saturated carbocycles. The Labute approximate surface area is 194 Å². The third kappa shape index (κ3) is 6.20. The van der Waals surface area contributed by atoms with Crippen molar-refractivity contribution in [2.45, 2.75) is 51.1 Å². The molecule has 7 heteroatoms. The van der Waals surface area contributed by atoms with Gasteiger partial charge in [0, 0.05) is 18.2 Å². The summed E-state index contributed by atoms with van der Waals surface area (Å²) in [4.78, 5) is 14.9. The Kier molecular flexibility index (Phi) is 7.87. The van der Waals surface area contributed by atoms with Gasteiger partial charge in [0.05, 0.1) is 0 Å². The van der Waals surface area contributed by atoms with Crippen LogP contribution in [-0.2, 0) is 23.1 Å². The molecule has 0 fully saturated rings. The van der Waals surface area contributed by atoms with Crippen molar-refractivity contribution in [1.29, 1.82) is 0 Å². The van der Waals surface area contributed by atoms with Crippen molar-refractivity contribution in [2.75, 3.05) is 0 Å². The number of carbonyl (C=O) groups excluding carboxylic acids is 1. The van der Waals surface area contributed by atoms with Gasteiger partial charge in [0.15, 0.2) is 0 Å². The van der Waals surface area contributed by atoms with E-state index in [0.717, 1.165) is 42.7 Å². The first-order valence-corrected chi connectivity index (χ1v) is 12.3. The number of benzene rings is 3. The number of carbonyl (C=O) groups is 1. The number of hydrogen-bond acceptors (Lipinski definition) is 4. The molecule has 1 amide bonds. The molecule has 3 aromatic carbocycles. The van der Waals surface area contributed by atoms with Crippen LogP contribution in [0.15, 0.2) is 77.7 Å². The number of nitrogens with zero attached hydrogens (tertiary/aromatic N) is 1. The maximum atomic E-state index is 13.2. The smallest absolute Gasteiger partial charge is 0.339 e. The van der Waals surface area contributed by atoms with Crippen LogP contribution in [-0.4, -0.2) is 25.3 Å². The van der Waals surface area contributed by atoms with Gasteiger partial charge < -0.3 is 9.08 Å². The molecule has 0 spiro atoms. The summed E-state index contributed by atoms with van der Waals surface area (Å²) in [5.74, 6) is -0.439. The van der Waals surface area contributed by atoms with Crippen LogP contribution in [0.5, 0.6) is 5.75 Å². The molecule has 0 aliphatic rings. The van der Waals surface area contributed by atoms with Crippen LogP contribution in [0.25, 0.3) is 0 Å². The summed E-state index contributed by atoms with van der Waals surface area (Å²) >= 11 is 0. The first-order valence-electron chi connectivity index (χ1n) is 10.9. The van der Waals surface area contributed by atoms with Crippen LogP contribution in [0.4, 0.5) is 4.39 Å². The van der Waals surface area contributed by atoms with E-state index in [0.29, 0.717) is 12.1 Å². The molecule has 1 atom stereocenters. The second-order valence-corrected chi connectivity index (χ2v) is 9.42. The van der Waals surface area contributed by atoms with E-state index in [4.69, 9.17) is 4.18 Å². The second-order valence-electron chi connectivity index (χ2n) is 7.88. The third-order valence-electron chi connectivity index (χ3n) is 5.58. The molecule has 0 aromatic heterocycles. The molecule has 0 aliphatic heterocycles. The zero-order valence-electron chi connectivity index (χ0n) is 19.0. The minimum Gasteiger partial charge on any atom is -0.379 e. The zero-order chi connectivity index (χ0) is 24.0. The summed E-state index contributed by atoms with van der Waals surface area (Å²) < 4.78 is 43.0. The van der Waals surface area contributed by atoms with Gasteiger partial charge in [0.2, 0.25) is 0 Å². The first kappa shape index (κ1) is 24.5. The van der Waals surface area contributed by atoms with Gasteiger partial charge in [-0.15, -0.1) is 0 Å². The lowest BCUT2D eigenvalue weighted by molar-refractivity contribution is 0.0671. The van der Waals surface area contributed by atoms with Crippen molar-refractivity contribution in [3.8, 4) is 5.75 Å². The standard InChI is InChI=1S/C26H28FNO4S/c1-4-19(3)28(26(29)22-10-6-20(5-2)7-11-22)18-21-8-14-24(15-9-21)32-33(30,31)25-16-12-23(27)13-17-25/h6-17,19H,4-5,18H2,1-3H3. The van der Waals surface area contributed by atoms with E-state index in [-0.39, 0.29) is 22.6 Å². The molecule has 0 saturated heterocycles. The summed E-state index contributed by atoms with van der Waals surface area (Å²) in [5, 5.41) is 0. The van der Waals surface area contributed by atoms with Gasteiger partial charge in [-0.3, -0.25) is 4.79 Å². The SMILES string of the molecule is CCc1ccc(C(=O)N(Cc2ccc(OS(=O)(=O)c3ccc(F)cc3)cc2)C(C)CC)cc1. The molecule has 0 aliphatic carbocycles. The second kappa shape index (κ2) is 10.6. The summed E-state index contributed by atoms with van der Waals surface area (Å²) in [7, 11) is -4.07. The summed E-state index contributed by atoms with van der Waals surface area (Å²) in [6.45, 7) is 6.49. The van der Waals surface area contributed by atoms with E-state index < -0.39 is 15.9 Å². The molecular weight excluding hydrogens is 441 g/mol. The van der Waals surface area contributed by atoms with Crippen LogP contribution >= 0.6 is 0 Å². The van der Waals surface area contributed by atoms with Gasteiger partial charge in [-0.2, -0.15) is 8.42 Å². The van der Waals surface area contributed by atoms with Gasteiger partial charge >= 0.3 is 10.1 Å². The highest BCUT2D eigenvalue weighted by Gasteiger charge is 2.21. The lowest BCUT2D eigenvalue weighted by atomic mass is 10.1. The quantitative estimate of drug-likeness (QED) is 0.383. The van der Waals surface area contributed by atoms with E-state index in [9.17, 15) is 17.6 Å². The Bertz CT molecular complexity index is 1170. The fourth-order valence-electron chi connectivity index (χ4n) is 3.32. The first-order chi connectivity index (χ1) is 15.7. The molecule has 5 nitrogen and oxygen atoms in total. The highest BCUT2D eigenvalue weighted by atomic mass is 32.2. The fourth-order valence-corrected chi connectivity index (χ4v) is 4.25. The van der Waals surface area contributed by atoms with Crippen molar-refractivity contribution in [2.24, 2.45) is 0 Å². The van der Waals surface area contributed by atoms with E-state index in [2.05, 4.69) is 6.92 Å². The van der Waals surface area contributed by atoms with Gasteiger partial charge in [0.1, 0.15) is 16.5 Å². The number of halogens is 1. The molecule has 1 unspecified atom stereocenters. The van der Waals surface area contributed by atoms with Crippen LogP contribution in [0.2, 0.25) is 0 Å². The Morgan fingerprint density at radius 3 is 2.03 bits per heavy atom. The Balaban J connectivity index is 1.74. The summed E-state index contributed by atoms with van der Waals surface area (Å²) in [5.41, 5.74) is 2.66. The van der Waals surface area contributed by atoms with E-state index >= 15 is 0 Å². The minimum absolute atomic E-state index is 0.0260. The average molecular weight is 470 g/mol. The van der Waals surface area contributed by atoms with E-state index in [1.807, 2.05) is 43.0 Å². The molecule has 3 aromatic rings. The Morgan fingerprint density at radius 2 is 1.48 bits per heavy atom. The van der Waals surface area contributed by atoms with Crippen LogP contribution in [0.1, 0.15) is 48.7 Å². The lowest BCUT2D eigenvalue weighted by Crippen LogP contribution is -2.37. The highest BCUT2D eigenvalue weighted by molar-refractivity contribution is 7.87. The zero-order valence-corrected chi connectivity index (χ0v) is 19.8. The van der Waals surface area contributed by atoms with E-state index in [1.165, 1.54) is 5.56 Å². The molecule has 0 N–H and O–H groups in total. The van der Waals surface area contributed by atoms with Crippen molar-refractivity contribution >= 4 is 16.0 Å². The third-order valence-corrected chi connectivity index (χ3v) is 6.84. The van der Waals surface area contributed by atoms with Crippen molar-refractivity contribution < 1.29 is 21.8 Å². The van der Waals surface area contributed by atoms with Gasteiger partial charge in [0.25, 0.3) is 5.91 Å². The monoisotopic (exact) mass is 469 g/mol. The van der Waals surface area contributed by atoms with Crippen LogP contribution in [0.3, 0.4) is 0 Å². The molecular formula is C26H28FNO4S. The van der Waals surface area contributed by atoms with Crippen LogP contribution < -0.4 is 4.18 Å². The van der Waals surface area contributed by atoms with Crippen molar-refractivity contribution in [3.63, 3.8) is 0 Å². The van der Waals surface area contributed by atoms with Crippen molar-refractivity contribution in [1.82, 2.24) is 4.90 Å². The molecule has 0 bridgehead atoms. The predicted octanol–water partition coefficient (Wildman–Crippen LogP) is 5.60. The molecule has 174 valence electrons. The van der Waals surface area contributed by atoms with Crippen LogP contribution in [0, 0.1) is 5.82 Å². The number of aryl methyl sites for hydroxylation is 1. The minimum atomic E-state index is -4.07. The molecule has 0 heterocycles. The number of rotatable bonds is 9. The predicted molar refractivity (Wildman–Crippen MR) is 126 cm³/mol. The molecule has 0 radical (unpaired) electrons. The van der Waals surface area contributed by atoms with Gasteiger partial charge in [-0.05, 0) is 79.4 Å². The van der Waals surface area contributed by atoms with Gasteiger partial charge in [-0.1, -0.05) is 38.1 Å². The summed E-state index contributed by atoms with van der Waals surface area (Å²) in [6, 6.07) is 18.7. The Morgan fingerprint density at radius 1 is 0.909 bits per heavy atom. The topological polar surface area (TPSA) is 63.7 Å². The largest absolute Gasteiger partial charge is 0.379 e. The average Bonchev–Trinajstić information content (AvgIpc) is 2.82. The lowest BCUT2D eigenvalue weighted by Gasteiger charge is -2.29. The number of hydrogen-bond donors (Lipinski definition) is 0. The fraction of sp³-hybridized carbons (Fsp3) is 0.269. The van der Waals surface area contributed by atoms with Crippen molar-refractivity contribution in [3.05, 3.63) is 95.3 Å². The maximum absolute atomic E-state index is 13.2. The van der Waals surface area contributed by atoms with Gasteiger partial charge in [-0.25, -0.2) is 4.39 Å². The summed E-state index contributed by atoms with van der Waals surface area (Å²) in [6.07, 6.45) is 1.71. The highest BCUT2D eigenvalue weighted by Crippen LogP contribution is 2.22.